The van der Waals surface area contributed by atoms with Gasteiger partial charge in [0.05, 0.1) is 18.1 Å². The van der Waals surface area contributed by atoms with Gasteiger partial charge < -0.3 is 10.1 Å². The summed E-state index contributed by atoms with van der Waals surface area (Å²) in [6.07, 6.45) is 0.265. The van der Waals surface area contributed by atoms with Crippen LogP contribution in [0.5, 0.6) is 0 Å². The lowest BCUT2D eigenvalue weighted by atomic mass is 10.1. The molecule has 0 saturated carbocycles. The number of carbonyl (C=O) groups excluding carboxylic acids is 2. The first kappa shape index (κ1) is 22.4. The first-order valence-corrected chi connectivity index (χ1v) is 12.1. The van der Waals surface area contributed by atoms with Crippen LogP contribution in [-0.4, -0.2) is 56.9 Å². The van der Waals surface area contributed by atoms with Crippen LogP contribution >= 0.6 is 0 Å². The molecule has 2 heterocycles. The van der Waals surface area contributed by atoms with E-state index >= 15 is 0 Å². The largest absolute Gasteiger partial charge is 0.379 e. The molecule has 0 bridgehead atoms. The van der Waals surface area contributed by atoms with Gasteiger partial charge in [0.2, 0.25) is 21.8 Å². The van der Waals surface area contributed by atoms with Crippen molar-refractivity contribution >= 4 is 27.5 Å². The summed E-state index contributed by atoms with van der Waals surface area (Å²) in [5.74, 6) is -0.530. The first-order valence-electron chi connectivity index (χ1n) is 10.6. The number of nitrogens with zero attached hydrogens (tertiary/aromatic N) is 2. The fourth-order valence-corrected chi connectivity index (χ4v) is 5.60. The normalized spacial score (nSPS) is 18.9. The van der Waals surface area contributed by atoms with Gasteiger partial charge in [-0.2, -0.15) is 4.31 Å². The average Bonchev–Trinajstić information content (AvgIpc) is 3.18. The van der Waals surface area contributed by atoms with E-state index < -0.39 is 16.1 Å². The summed E-state index contributed by atoms with van der Waals surface area (Å²) in [7, 11) is -3.66. The third-order valence-electron chi connectivity index (χ3n) is 5.87. The van der Waals surface area contributed by atoms with Gasteiger partial charge in [0, 0.05) is 38.7 Å². The maximum absolute atomic E-state index is 13.0. The Morgan fingerprint density at radius 2 is 1.78 bits per heavy atom. The molecule has 2 aliphatic rings. The molecule has 9 heteroatoms. The lowest BCUT2D eigenvalue weighted by Gasteiger charge is -2.26. The van der Waals surface area contributed by atoms with Gasteiger partial charge in [-0.05, 0) is 36.2 Å². The number of morpholine rings is 1. The quantitative estimate of drug-likeness (QED) is 0.736. The smallest absolute Gasteiger partial charge is 0.243 e. The number of aryl methyl sites for hydroxylation is 1. The SMILES string of the molecule is CC(=O)N1c2ccc(S(=O)(=O)N3CCOCC3)cc2CC1C(=O)NCc1ccc(C)cc1. The zero-order valence-corrected chi connectivity index (χ0v) is 19.0. The predicted molar refractivity (Wildman–Crippen MR) is 120 cm³/mol. The fourth-order valence-electron chi connectivity index (χ4n) is 4.14. The summed E-state index contributed by atoms with van der Waals surface area (Å²) in [5.41, 5.74) is 3.35. The highest BCUT2D eigenvalue weighted by Crippen LogP contribution is 2.35. The van der Waals surface area contributed by atoms with E-state index in [4.69, 9.17) is 4.74 Å². The third kappa shape index (κ3) is 4.41. The number of ether oxygens (including phenoxy) is 1. The molecule has 2 aliphatic heterocycles. The molecule has 170 valence electrons. The number of amides is 2. The van der Waals surface area contributed by atoms with Crippen molar-refractivity contribution in [3.05, 3.63) is 59.2 Å². The summed E-state index contributed by atoms with van der Waals surface area (Å²) in [6, 6.07) is 11.9. The highest BCUT2D eigenvalue weighted by molar-refractivity contribution is 7.89. The summed E-state index contributed by atoms with van der Waals surface area (Å²) >= 11 is 0. The van der Waals surface area contributed by atoms with E-state index in [1.807, 2.05) is 31.2 Å². The lowest BCUT2D eigenvalue weighted by molar-refractivity contribution is -0.125. The van der Waals surface area contributed by atoms with Gasteiger partial charge in [-0.25, -0.2) is 8.42 Å². The van der Waals surface area contributed by atoms with Crippen LogP contribution in [0.25, 0.3) is 0 Å². The molecule has 0 aliphatic carbocycles. The van der Waals surface area contributed by atoms with E-state index in [0.29, 0.717) is 44.1 Å². The van der Waals surface area contributed by atoms with Crippen LogP contribution in [0, 0.1) is 6.92 Å². The van der Waals surface area contributed by atoms with Gasteiger partial charge in [-0.15, -0.1) is 0 Å². The van der Waals surface area contributed by atoms with Crippen molar-refractivity contribution in [3.63, 3.8) is 0 Å². The van der Waals surface area contributed by atoms with Crippen LogP contribution < -0.4 is 10.2 Å². The average molecular weight is 458 g/mol. The second-order valence-corrected chi connectivity index (χ2v) is 10.1. The summed E-state index contributed by atoms with van der Waals surface area (Å²) in [5, 5.41) is 2.90. The molecule has 4 rings (SSSR count). The first-order chi connectivity index (χ1) is 15.3. The maximum Gasteiger partial charge on any atom is 0.243 e. The molecule has 2 amide bonds. The molecule has 1 unspecified atom stereocenters. The van der Waals surface area contributed by atoms with Gasteiger partial charge in [0.1, 0.15) is 6.04 Å². The van der Waals surface area contributed by atoms with E-state index in [1.165, 1.54) is 22.2 Å². The number of nitrogens with one attached hydrogen (secondary N) is 1. The predicted octanol–water partition coefficient (Wildman–Crippen LogP) is 1.61. The minimum absolute atomic E-state index is 0.169. The highest BCUT2D eigenvalue weighted by atomic mass is 32.2. The molecular weight excluding hydrogens is 430 g/mol. The van der Waals surface area contributed by atoms with E-state index in [0.717, 1.165) is 11.1 Å². The molecule has 1 N–H and O–H groups in total. The van der Waals surface area contributed by atoms with E-state index in [9.17, 15) is 18.0 Å². The second kappa shape index (κ2) is 9.01. The van der Waals surface area contributed by atoms with E-state index in [1.54, 1.807) is 12.1 Å². The summed E-state index contributed by atoms with van der Waals surface area (Å²) < 4.78 is 32.7. The van der Waals surface area contributed by atoms with Gasteiger partial charge in [-0.3, -0.25) is 14.5 Å². The Morgan fingerprint density at radius 3 is 2.44 bits per heavy atom. The molecule has 32 heavy (non-hydrogen) atoms. The number of fused-ring (bicyclic) bond motifs is 1. The topological polar surface area (TPSA) is 96.0 Å². The standard InChI is InChI=1S/C23H27N3O5S/c1-16-3-5-18(6-4-16)15-24-23(28)22-14-19-13-20(7-8-21(19)26(22)17(2)27)32(29,30)25-9-11-31-12-10-25/h3-8,13,22H,9-12,14-15H2,1-2H3,(H,24,28). The number of anilines is 1. The van der Waals surface area contributed by atoms with Gasteiger partial charge in [0.15, 0.2) is 0 Å². The number of rotatable bonds is 5. The fraction of sp³-hybridized carbons (Fsp3) is 0.391. The monoisotopic (exact) mass is 457 g/mol. The molecule has 1 saturated heterocycles. The molecule has 8 nitrogen and oxygen atoms in total. The van der Waals surface area contributed by atoms with E-state index in [2.05, 4.69) is 5.32 Å². The number of carbonyl (C=O) groups is 2. The van der Waals surface area contributed by atoms with Crippen LogP contribution in [0.4, 0.5) is 5.69 Å². The Balaban J connectivity index is 1.54. The van der Waals surface area contributed by atoms with Gasteiger partial charge >= 0.3 is 0 Å². The minimum atomic E-state index is -3.66. The third-order valence-corrected chi connectivity index (χ3v) is 7.77. The van der Waals surface area contributed by atoms with Gasteiger partial charge in [0.25, 0.3) is 0 Å². The minimum Gasteiger partial charge on any atom is -0.379 e. The Labute approximate surface area is 188 Å². The Bertz CT molecular complexity index is 1120. The zero-order valence-electron chi connectivity index (χ0n) is 18.2. The highest BCUT2D eigenvalue weighted by Gasteiger charge is 2.38. The number of sulfonamides is 1. The Kier molecular flexibility index (Phi) is 6.32. The van der Waals surface area contributed by atoms with Crippen LogP contribution in [0.3, 0.4) is 0 Å². The van der Waals surface area contributed by atoms with Crippen molar-refractivity contribution in [1.29, 1.82) is 0 Å². The maximum atomic E-state index is 13.0. The van der Waals surface area contributed by atoms with Gasteiger partial charge in [-0.1, -0.05) is 29.8 Å². The van der Waals surface area contributed by atoms with Crippen molar-refractivity contribution in [3.8, 4) is 0 Å². The summed E-state index contributed by atoms with van der Waals surface area (Å²) in [6.45, 7) is 5.11. The zero-order chi connectivity index (χ0) is 22.9. The second-order valence-electron chi connectivity index (χ2n) is 8.12. The molecule has 1 atom stereocenters. The van der Waals surface area contributed by atoms with Crippen molar-refractivity contribution < 1.29 is 22.7 Å². The number of hydrogen-bond donors (Lipinski definition) is 1. The van der Waals surface area contributed by atoms with E-state index in [-0.39, 0.29) is 23.1 Å². The Hall–Kier alpha value is -2.75. The molecule has 2 aromatic rings. The lowest BCUT2D eigenvalue weighted by Crippen LogP contribution is -2.47. The van der Waals surface area contributed by atoms with Crippen LogP contribution in [0.15, 0.2) is 47.4 Å². The summed E-state index contributed by atoms with van der Waals surface area (Å²) in [4.78, 5) is 26.9. The molecule has 0 aromatic heterocycles. The molecule has 0 radical (unpaired) electrons. The molecule has 2 aromatic carbocycles. The van der Waals surface area contributed by atoms with Crippen molar-refractivity contribution in [2.45, 2.75) is 37.8 Å². The van der Waals surface area contributed by atoms with Crippen LogP contribution in [0.2, 0.25) is 0 Å². The molecular formula is C23H27N3O5S. The van der Waals surface area contributed by atoms with Crippen LogP contribution in [-0.2, 0) is 37.3 Å². The van der Waals surface area contributed by atoms with Crippen molar-refractivity contribution in [2.24, 2.45) is 0 Å². The number of benzene rings is 2. The number of hydrogen-bond acceptors (Lipinski definition) is 5. The molecule has 0 spiro atoms. The van der Waals surface area contributed by atoms with Crippen LogP contribution in [0.1, 0.15) is 23.6 Å². The Morgan fingerprint density at radius 1 is 1.09 bits per heavy atom. The molecule has 1 fully saturated rings. The van der Waals surface area contributed by atoms with Crippen molar-refractivity contribution in [1.82, 2.24) is 9.62 Å². The van der Waals surface area contributed by atoms with Crippen molar-refractivity contribution in [2.75, 3.05) is 31.2 Å².